The van der Waals surface area contributed by atoms with Crippen molar-refractivity contribution >= 4 is 17.1 Å². The summed E-state index contributed by atoms with van der Waals surface area (Å²) in [4.78, 5) is 10.4. The van der Waals surface area contributed by atoms with Crippen molar-refractivity contribution in [2.24, 2.45) is 0 Å². The van der Waals surface area contributed by atoms with Crippen LogP contribution in [0.1, 0.15) is 6.99 Å². The average molecular weight is 194 g/mol. The van der Waals surface area contributed by atoms with Crippen molar-refractivity contribution in [3.8, 4) is 0 Å². The van der Waals surface area contributed by atoms with E-state index in [9.17, 15) is 4.79 Å². The van der Waals surface area contributed by atoms with Crippen LogP contribution < -0.4 is 29.6 Å². The third kappa shape index (κ3) is 2.24. The van der Waals surface area contributed by atoms with Crippen molar-refractivity contribution in [3.05, 3.63) is 48.0 Å². The Labute approximate surface area is 107 Å². The molecule has 0 aromatic heterocycles. The van der Waals surface area contributed by atoms with Gasteiger partial charge in [-0.25, -0.2) is 0 Å². The van der Waals surface area contributed by atoms with Crippen molar-refractivity contribution < 1.29 is 35.8 Å². The van der Waals surface area contributed by atoms with Gasteiger partial charge in [0.2, 0.25) is 0 Å². The van der Waals surface area contributed by atoms with E-state index in [0.29, 0.717) is 6.42 Å². The standard InChI is InChI=1S/C12H10O.Na.H/c13-9-8-11-6-3-5-10-4-1-2-7-12(10)11;;/h1-7,9H,8H2;;/q;+1;-1. The molecule has 1 nitrogen and oxygen atoms in total. The number of carbonyl (C=O) groups is 1. The van der Waals surface area contributed by atoms with Crippen molar-refractivity contribution in [1.82, 2.24) is 0 Å². The number of rotatable bonds is 2. The van der Waals surface area contributed by atoms with Gasteiger partial charge in [0, 0.05) is 6.42 Å². The molecule has 0 radical (unpaired) electrons. The van der Waals surface area contributed by atoms with E-state index < -0.39 is 0 Å². The van der Waals surface area contributed by atoms with Crippen LogP contribution in [0.4, 0.5) is 0 Å². The van der Waals surface area contributed by atoms with E-state index >= 15 is 0 Å². The average Bonchev–Trinajstić information content (AvgIpc) is 2.19. The second-order valence-electron chi connectivity index (χ2n) is 3.01. The van der Waals surface area contributed by atoms with Crippen molar-refractivity contribution in [1.29, 1.82) is 0 Å². The molecule has 0 saturated carbocycles. The molecular weight excluding hydrogens is 183 g/mol. The van der Waals surface area contributed by atoms with Gasteiger partial charge < -0.3 is 6.22 Å². The summed E-state index contributed by atoms with van der Waals surface area (Å²) in [7, 11) is 0. The predicted octanol–water partition coefficient (Wildman–Crippen LogP) is -0.302. The molecule has 0 aliphatic carbocycles. The van der Waals surface area contributed by atoms with E-state index in [1.165, 1.54) is 10.8 Å². The smallest absolute Gasteiger partial charge is 1.00 e. The van der Waals surface area contributed by atoms with Crippen LogP contribution in [-0.4, -0.2) is 6.29 Å². The Hall–Kier alpha value is -0.630. The summed E-state index contributed by atoms with van der Waals surface area (Å²) < 4.78 is 0. The normalized spacial score (nSPS) is 9.43. The summed E-state index contributed by atoms with van der Waals surface area (Å²) in [5, 5.41) is 2.37. The monoisotopic (exact) mass is 194 g/mol. The van der Waals surface area contributed by atoms with Crippen molar-refractivity contribution in [2.75, 3.05) is 0 Å². The summed E-state index contributed by atoms with van der Waals surface area (Å²) in [6.07, 6.45) is 1.45. The van der Waals surface area contributed by atoms with E-state index in [2.05, 4.69) is 12.1 Å². The summed E-state index contributed by atoms with van der Waals surface area (Å²) >= 11 is 0. The Morgan fingerprint density at radius 3 is 2.57 bits per heavy atom. The Kier molecular flexibility index (Phi) is 4.33. The molecule has 0 bridgehead atoms. The molecule has 0 aliphatic heterocycles. The van der Waals surface area contributed by atoms with Crippen LogP contribution >= 0.6 is 0 Å². The molecule has 0 spiro atoms. The quantitative estimate of drug-likeness (QED) is 0.474. The van der Waals surface area contributed by atoms with Gasteiger partial charge in [-0.2, -0.15) is 0 Å². The minimum atomic E-state index is 0. The Morgan fingerprint density at radius 1 is 1.07 bits per heavy atom. The minimum Gasteiger partial charge on any atom is -1.00 e. The second kappa shape index (κ2) is 5.30. The van der Waals surface area contributed by atoms with Crippen LogP contribution in [0.3, 0.4) is 0 Å². The molecule has 0 saturated heterocycles. The molecule has 2 aromatic rings. The maximum Gasteiger partial charge on any atom is 1.00 e. The predicted molar refractivity (Wildman–Crippen MR) is 54.8 cm³/mol. The topological polar surface area (TPSA) is 17.1 Å². The van der Waals surface area contributed by atoms with Crippen LogP contribution in [0.2, 0.25) is 0 Å². The largest absolute Gasteiger partial charge is 1.00 e. The molecule has 0 N–H and O–H groups in total. The van der Waals surface area contributed by atoms with Gasteiger partial charge in [-0.1, -0.05) is 42.5 Å². The molecule has 0 fully saturated rings. The molecule has 0 heterocycles. The molecule has 14 heavy (non-hydrogen) atoms. The molecule has 0 aliphatic rings. The summed E-state index contributed by atoms with van der Waals surface area (Å²) in [6, 6.07) is 14.2. The number of hydrogen-bond acceptors (Lipinski definition) is 1. The SMILES string of the molecule is O=CCc1cccc2ccccc12.[H-].[Na+]. The molecule has 0 atom stereocenters. The number of carbonyl (C=O) groups excluding carboxylic acids is 1. The number of benzene rings is 2. The van der Waals surface area contributed by atoms with Gasteiger partial charge in [-0.05, 0) is 16.3 Å². The maximum atomic E-state index is 10.4. The summed E-state index contributed by atoms with van der Waals surface area (Å²) in [5.41, 5.74) is 1.10. The van der Waals surface area contributed by atoms with Gasteiger partial charge in [0.25, 0.3) is 0 Å². The zero-order valence-electron chi connectivity index (χ0n) is 9.23. The number of hydrogen-bond donors (Lipinski definition) is 0. The molecule has 0 amide bonds. The summed E-state index contributed by atoms with van der Waals surface area (Å²) in [5.74, 6) is 0. The zero-order chi connectivity index (χ0) is 9.10. The molecule has 2 heteroatoms. The maximum absolute atomic E-state index is 10.4. The Bertz CT molecular complexity index is 437. The number of aldehydes is 1. The first kappa shape index (κ1) is 11.4. The van der Waals surface area contributed by atoms with Crippen LogP contribution in [0.5, 0.6) is 0 Å². The van der Waals surface area contributed by atoms with Crippen LogP contribution in [0.25, 0.3) is 10.8 Å². The van der Waals surface area contributed by atoms with E-state index in [-0.39, 0.29) is 31.0 Å². The number of fused-ring (bicyclic) bond motifs is 1. The first-order valence-corrected chi connectivity index (χ1v) is 4.32. The van der Waals surface area contributed by atoms with Gasteiger partial charge in [-0.15, -0.1) is 0 Å². The van der Waals surface area contributed by atoms with Crippen molar-refractivity contribution in [2.45, 2.75) is 6.42 Å². The minimum absolute atomic E-state index is 0. The fraction of sp³-hybridized carbons (Fsp3) is 0.0833. The fourth-order valence-electron chi connectivity index (χ4n) is 1.56. The fourth-order valence-corrected chi connectivity index (χ4v) is 1.56. The van der Waals surface area contributed by atoms with E-state index in [1.54, 1.807) is 0 Å². The van der Waals surface area contributed by atoms with Gasteiger partial charge in [-0.3, -0.25) is 0 Å². The van der Waals surface area contributed by atoms with Gasteiger partial charge >= 0.3 is 29.6 Å². The van der Waals surface area contributed by atoms with Gasteiger partial charge in [0.1, 0.15) is 6.29 Å². The second-order valence-corrected chi connectivity index (χ2v) is 3.01. The van der Waals surface area contributed by atoms with E-state index in [1.807, 2.05) is 30.3 Å². The van der Waals surface area contributed by atoms with E-state index in [0.717, 1.165) is 11.8 Å². The third-order valence-corrected chi connectivity index (χ3v) is 2.18. The van der Waals surface area contributed by atoms with Gasteiger partial charge in [0.05, 0.1) is 0 Å². The molecular formula is C12H11NaO. The molecule has 0 unspecified atom stereocenters. The van der Waals surface area contributed by atoms with Crippen molar-refractivity contribution in [3.63, 3.8) is 0 Å². The van der Waals surface area contributed by atoms with Crippen LogP contribution in [0, 0.1) is 0 Å². The van der Waals surface area contributed by atoms with E-state index in [4.69, 9.17) is 0 Å². The van der Waals surface area contributed by atoms with Crippen LogP contribution in [-0.2, 0) is 11.2 Å². The van der Waals surface area contributed by atoms with Gasteiger partial charge in [0.15, 0.2) is 0 Å². The first-order valence-electron chi connectivity index (χ1n) is 4.32. The summed E-state index contributed by atoms with van der Waals surface area (Å²) in [6.45, 7) is 0. The zero-order valence-corrected chi connectivity index (χ0v) is 10.2. The Balaban J connectivity index is 0.000000980. The Morgan fingerprint density at radius 2 is 1.79 bits per heavy atom. The molecule has 66 valence electrons. The molecule has 2 rings (SSSR count). The third-order valence-electron chi connectivity index (χ3n) is 2.18. The molecule has 2 aromatic carbocycles. The van der Waals surface area contributed by atoms with Crippen LogP contribution in [0.15, 0.2) is 42.5 Å². The first-order chi connectivity index (χ1) is 6.42.